The van der Waals surface area contributed by atoms with E-state index in [1.54, 1.807) is 0 Å². The molecule has 0 N–H and O–H groups in total. The van der Waals surface area contributed by atoms with Gasteiger partial charge in [-0.3, -0.25) is 0 Å². The molecule has 6 nitrogen and oxygen atoms in total. The SMILES string of the molecule is CCCCCCCCN(CCCCCCCC)c1nc(C#N)c(N(CCCCCCCC)CCCCCCCC)nc1C#N. The highest BCUT2D eigenvalue weighted by molar-refractivity contribution is 5.60. The van der Waals surface area contributed by atoms with Gasteiger partial charge in [-0.15, -0.1) is 0 Å². The van der Waals surface area contributed by atoms with Crippen LogP contribution in [0.25, 0.3) is 0 Å². The zero-order chi connectivity index (χ0) is 32.1. The predicted molar refractivity (Wildman–Crippen MR) is 189 cm³/mol. The quantitative estimate of drug-likeness (QED) is 0.0808. The van der Waals surface area contributed by atoms with Crippen molar-refractivity contribution in [2.24, 2.45) is 0 Å². The second-order valence-corrected chi connectivity index (χ2v) is 12.8. The second kappa shape index (κ2) is 28.2. The molecule has 0 aliphatic rings. The molecule has 1 aromatic rings. The van der Waals surface area contributed by atoms with Gasteiger partial charge in [-0.05, 0) is 25.7 Å². The smallest absolute Gasteiger partial charge is 0.185 e. The Bertz CT molecular complexity index is 796. The Morgan fingerprint density at radius 3 is 0.841 bits per heavy atom. The van der Waals surface area contributed by atoms with Crippen LogP contribution in [0, 0.1) is 22.7 Å². The Balaban J connectivity index is 3.13. The maximum atomic E-state index is 10.3. The summed E-state index contributed by atoms with van der Waals surface area (Å²) < 4.78 is 0. The minimum absolute atomic E-state index is 0.381. The van der Waals surface area contributed by atoms with Crippen molar-refractivity contribution in [3.8, 4) is 12.1 Å². The summed E-state index contributed by atoms with van der Waals surface area (Å²) in [7, 11) is 0. The Labute approximate surface area is 273 Å². The van der Waals surface area contributed by atoms with E-state index in [-0.39, 0.29) is 0 Å². The Kier molecular flexibility index (Phi) is 25.4. The fourth-order valence-electron chi connectivity index (χ4n) is 5.99. The number of hydrogen-bond acceptors (Lipinski definition) is 6. The lowest BCUT2D eigenvalue weighted by atomic mass is 10.1. The average molecular weight is 609 g/mol. The summed E-state index contributed by atoms with van der Waals surface area (Å²) in [6.45, 7) is 12.5. The molecule has 6 heteroatoms. The second-order valence-electron chi connectivity index (χ2n) is 12.8. The maximum Gasteiger partial charge on any atom is 0.185 e. The van der Waals surface area contributed by atoms with Crippen molar-refractivity contribution in [2.45, 2.75) is 182 Å². The zero-order valence-electron chi connectivity index (χ0n) is 29.5. The molecule has 44 heavy (non-hydrogen) atoms. The first kappa shape index (κ1) is 39.7. The van der Waals surface area contributed by atoms with Gasteiger partial charge in [0.15, 0.2) is 23.0 Å². The van der Waals surface area contributed by atoms with E-state index in [1.807, 2.05) is 0 Å². The lowest BCUT2D eigenvalue weighted by Gasteiger charge is -2.28. The van der Waals surface area contributed by atoms with E-state index in [2.05, 4.69) is 49.6 Å². The largest absolute Gasteiger partial charge is 0.354 e. The van der Waals surface area contributed by atoms with Crippen LogP contribution in [0.2, 0.25) is 0 Å². The molecule has 250 valence electrons. The van der Waals surface area contributed by atoms with Crippen LogP contribution in [0.4, 0.5) is 11.6 Å². The van der Waals surface area contributed by atoms with E-state index in [9.17, 15) is 10.5 Å². The minimum atomic E-state index is 0.381. The number of anilines is 2. The third-order valence-corrected chi connectivity index (χ3v) is 8.80. The molecule has 0 amide bonds. The molecule has 0 atom stereocenters. The molecule has 0 saturated heterocycles. The Morgan fingerprint density at radius 2 is 0.614 bits per heavy atom. The van der Waals surface area contributed by atoms with E-state index in [0.29, 0.717) is 23.0 Å². The van der Waals surface area contributed by atoms with Gasteiger partial charge in [-0.2, -0.15) is 10.5 Å². The monoisotopic (exact) mass is 609 g/mol. The third-order valence-electron chi connectivity index (χ3n) is 8.80. The van der Waals surface area contributed by atoms with Crippen LogP contribution in [-0.4, -0.2) is 36.1 Å². The Hall–Kier alpha value is -2.34. The molecule has 0 aliphatic carbocycles. The number of nitrogens with zero attached hydrogens (tertiary/aromatic N) is 6. The van der Waals surface area contributed by atoms with Gasteiger partial charge in [0.1, 0.15) is 12.1 Å². The molecule has 0 bridgehead atoms. The molecular weight excluding hydrogens is 540 g/mol. The highest BCUT2D eigenvalue weighted by Crippen LogP contribution is 2.26. The number of rotatable bonds is 30. The summed E-state index contributed by atoms with van der Waals surface area (Å²) in [5.41, 5.74) is 0.763. The molecule has 1 heterocycles. The summed E-state index contributed by atoms with van der Waals surface area (Å²) in [4.78, 5) is 14.4. The zero-order valence-corrected chi connectivity index (χ0v) is 29.5. The first-order valence-electron chi connectivity index (χ1n) is 18.9. The number of nitriles is 2. The number of unbranched alkanes of at least 4 members (excludes halogenated alkanes) is 20. The first-order chi connectivity index (χ1) is 21.7. The van der Waals surface area contributed by atoms with Crippen LogP contribution in [0.5, 0.6) is 0 Å². The van der Waals surface area contributed by atoms with E-state index in [0.717, 1.165) is 51.9 Å². The molecule has 0 saturated carbocycles. The molecule has 0 spiro atoms. The third kappa shape index (κ3) is 17.8. The molecular formula is C38H68N6. The van der Waals surface area contributed by atoms with Gasteiger partial charge in [0, 0.05) is 26.2 Å². The van der Waals surface area contributed by atoms with Gasteiger partial charge in [0.05, 0.1) is 0 Å². The van der Waals surface area contributed by atoms with Gasteiger partial charge in [0.25, 0.3) is 0 Å². The van der Waals surface area contributed by atoms with Gasteiger partial charge in [-0.1, -0.05) is 156 Å². The van der Waals surface area contributed by atoms with E-state index in [4.69, 9.17) is 9.97 Å². The van der Waals surface area contributed by atoms with E-state index in [1.165, 1.54) is 128 Å². The van der Waals surface area contributed by atoms with E-state index < -0.39 is 0 Å². The fourth-order valence-corrected chi connectivity index (χ4v) is 5.99. The van der Waals surface area contributed by atoms with Crippen molar-refractivity contribution in [3.05, 3.63) is 11.4 Å². The molecule has 0 aromatic carbocycles. The van der Waals surface area contributed by atoms with Crippen molar-refractivity contribution < 1.29 is 0 Å². The van der Waals surface area contributed by atoms with Crippen LogP contribution >= 0.6 is 0 Å². The highest BCUT2D eigenvalue weighted by atomic mass is 15.2. The van der Waals surface area contributed by atoms with Crippen LogP contribution in [-0.2, 0) is 0 Å². The summed E-state index contributed by atoms with van der Waals surface area (Å²) in [6, 6.07) is 4.78. The van der Waals surface area contributed by atoms with Crippen molar-refractivity contribution >= 4 is 11.6 Å². The summed E-state index contributed by atoms with van der Waals surface area (Å²) >= 11 is 0. The van der Waals surface area contributed by atoms with Crippen molar-refractivity contribution in [3.63, 3.8) is 0 Å². The van der Waals surface area contributed by atoms with Crippen molar-refractivity contribution in [1.82, 2.24) is 9.97 Å². The summed E-state index contributed by atoms with van der Waals surface area (Å²) in [5, 5.41) is 20.6. The lowest BCUT2D eigenvalue weighted by molar-refractivity contribution is 0.569. The van der Waals surface area contributed by atoms with Crippen LogP contribution in [0.3, 0.4) is 0 Å². The molecule has 0 unspecified atom stereocenters. The highest BCUT2D eigenvalue weighted by Gasteiger charge is 2.22. The topological polar surface area (TPSA) is 79.8 Å². The standard InChI is InChI=1S/C38H68N6/c1-5-9-13-17-21-25-29-43(30-26-22-18-14-10-6-2)37-35(33-39)42-38(36(34-40)41-37)44(31-27-23-19-15-11-7-3)32-28-24-20-16-12-8-4/h5-32H2,1-4H3. The molecule has 1 rings (SSSR count). The average Bonchev–Trinajstić information content (AvgIpc) is 3.04. The van der Waals surface area contributed by atoms with E-state index >= 15 is 0 Å². The minimum Gasteiger partial charge on any atom is -0.354 e. The van der Waals surface area contributed by atoms with Crippen molar-refractivity contribution in [2.75, 3.05) is 36.0 Å². The van der Waals surface area contributed by atoms with Crippen LogP contribution in [0.15, 0.2) is 0 Å². The predicted octanol–water partition coefficient (Wildman–Crippen LogP) is 11.3. The number of hydrogen-bond donors (Lipinski definition) is 0. The van der Waals surface area contributed by atoms with Gasteiger partial charge in [0.2, 0.25) is 0 Å². The van der Waals surface area contributed by atoms with Gasteiger partial charge < -0.3 is 9.80 Å². The molecule has 0 aliphatic heterocycles. The number of aromatic nitrogens is 2. The van der Waals surface area contributed by atoms with Gasteiger partial charge >= 0.3 is 0 Å². The van der Waals surface area contributed by atoms with Gasteiger partial charge in [-0.25, -0.2) is 9.97 Å². The summed E-state index contributed by atoms with van der Waals surface area (Å²) in [5.74, 6) is 1.24. The normalized spacial score (nSPS) is 11.0. The molecule has 1 aromatic heterocycles. The maximum absolute atomic E-state index is 10.3. The van der Waals surface area contributed by atoms with Crippen molar-refractivity contribution in [1.29, 1.82) is 10.5 Å². The summed E-state index contributed by atoms with van der Waals surface area (Å²) in [6.07, 6.45) is 29.5. The van der Waals surface area contributed by atoms with Crippen LogP contribution < -0.4 is 9.80 Å². The molecule has 0 fully saturated rings. The molecule has 0 radical (unpaired) electrons. The van der Waals surface area contributed by atoms with Crippen LogP contribution in [0.1, 0.15) is 193 Å². The lowest BCUT2D eigenvalue weighted by Crippen LogP contribution is -2.31. The Morgan fingerprint density at radius 1 is 0.386 bits per heavy atom. The first-order valence-corrected chi connectivity index (χ1v) is 18.9. The fraction of sp³-hybridized carbons (Fsp3) is 0.842.